The van der Waals surface area contributed by atoms with Crippen LogP contribution in [0.3, 0.4) is 0 Å². The van der Waals surface area contributed by atoms with E-state index in [9.17, 15) is 14.7 Å². The summed E-state index contributed by atoms with van der Waals surface area (Å²) in [7, 11) is 0. The number of aliphatic hydroxyl groups is 1. The predicted molar refractivity (Wildman–Crippen MR) is 61.2 cm³/mol. The molecule has 0 radical (unpaired) electrons. The molecule has 6 heteroatoms. The average Bonchev–Trinajstić information content (AvgIpc) is 2.95. The van der Waals surface area contributed by atoms with Crippen LogP contribution >= 0.6 is 0 Å². The summed E-state index contributed by atoms with van der Waals surface area (Å²) in [4.78, 5) is 21.9. The third kappa shape index (κ3) is 5.65. The first-order chi connectivity index (χ1) is 7.80. The van der Waals surface area contributed by atoms with Gasteiger partial charge >= 0.3 is 5.97 Å². The second-order valence-corrected chi connectivity index (χ2v) is 5.05. The van der Waals surface area contributed by atoms with Gasteiger partial charge in [-0.05, 0) is 25.7 Å². The van der Waals surface area contributed by atoms with E-state index in [4.69, 9.17) is 10.8 Å². The number of rotatable bonds is 7. The van der Waals surface area contributed by atoms with Crippen molar-refractivity contribution in [2.45, 2.75) is 44.2 Å². The molecular weight excluding hydrogens is 224 g/mol. The van der Waals surface area contributed by atoms with Crippen molar-refractivity contribution < 1.29 is 19.8 Å². The molecule has 1 fully saturated rings. The van der Waals surface area contributed by atoms with Crippen LogP contribution in [-0.4, -0.2) is 40.3 Å². The van der Waals surface area contributed by atoms with Crippen molar-refractivity contribution in [3.63, 3.8) is 0 Å². The van der Waals surface area contributed by atoms with Crippen molar-refractivity contribution in [3.05, 3.63) is 0 Å². The molecule has 5 N–H and O–H groups in total. The SMILES string of the molecule is CC(O)(CNC(=O)CC(N)C1CC1)CC(=O)O. The molecule has 0 heterocycles. The molecule has 2 unspecified atom stereocenters. The van der Waals surface area contributed by atoms with E-state index in [1.165, 1.54) is 6.92 Å². The highest BCUT2D eigenvalue weighted by Gasteiger charge is 2.30. The van der Waals surface area contributed by atoms with Crippen LogP contribution in [0.1, 0.15) is 32.6 Å². The summed E-state index contributed by atoms with van der Waals surface area (Å²) in [5.41, 5.74) is 4.36. The molecule has 1 saturated carbocycles. The third-order valence-electron chi connectivity index (χ3n) is 2.85. The molecule has 0 aromatic heterocycles. The molecule has 1 rings (SSSR count). The highest BCUT2D eigenvalue weighted by molar-refractivity contribution is 5.77. The van der Waals surface area contributed by atoms with Gasteiger partial charge in [0.05, 0.1) is 12.0 Å². The molecule has 0 aromatic carbocycles. The van der Waals surface area contributed by atoms with Gasteiger partial charge < -0.3 is 21.3 Å². The maximum atomic E-state index is 11.5. The molecule has 17 heavy (non-hydrogen) atoms. The molecule has 0 spiro atoms. The quantitative estimate of drug-likeness (QED) is 0.480. The summed E-state index contributed by atoms with van der Waals surface area (Å²) in [5, 5.41) is 20.7. The van der Waals surface area contributed by atoms with Crippen LogP contribution in [0.5, 0.6) is 0 Å². The average molecular weight is 244 g/mol. The van der Waals surface area contributed by atoms with Gasteiger partial charge in [0.15, 0.2) is 0 Å². The van der Waals surface area contributed by atoms with E-state index in [1.54, 1.807) is 0 Å². The number of carbonyl (C=O) groups is 2. The lowest BCUT2D eigenvalue weighted by Crippen LogP contribution is -2.43. The van der Waals surface area contributed by atoms with Gasteiger partial charge in [0.25, 0.3) is 0 Å². The van der Waals surface area contributed by atoms with Gasteiger partial charge in [-0.2, -0.15) is 0 Å². The molecule has 0 saturated heterocycles. The minimum absolute atomic E-state index is 0.0739. The Labute approximate surface area is 100 Å². The van der Waals surface area contributed by atoms with E-state index in [-0.39, 0.29) is 24.9 Å². The smallest absolute Gasteiger partial charge is 0.306 e. The number of carboxylic acid groups (broad SMARTS) is 1. The number of carboxylic acids is 1. The fourth-order valence-electron chi connectivity index (χ4n) is 1.65. The first kappa shape index (κ1) is 13.9. The normalized spacial score (nSPS) is 20.4. The van der Waals surface area contributed by atoms with Gasteiger partial charge in [0.1, 0.15) is 0 Å². The Kier molecular flexibility index (Phi) is 4.47. The van der Waals surface area contributed by atoms with Gasteiger partial charge in [-0.3, -0.25) is 9.59 Å². The molecule has 0 aliphatic heterocycles. The lowest BCUT2D eigenvalue weighted by atomic mass is 10.0. The summed E-state index contributed by atoms with van der Waals surface area (Å²) in [5.74, 6) is -0.894. The third-order valence-corrected chi connectivity index (χ3v) is 2.85. The van der Waals surface area contributed by atoms with Crippen LogP contribution < -0.4 is 11.1 Å². The Morgan fingerprint density at radius 2 is 2.12 bits per heavy atom. The van der Waals surface area contributed by atoms with Gasteiger partial charge in [0.2, 0.25) is 5.91 Å². The number of carbonyl (C=O) groups excluding carboxylic acids is 1. The Hall–Kier alpha value is -1.14. The zero-order chi connectivity index (χ0) is 13.1. The number of hydrogen-bond acceptors (Lipinski definition) is 4. The number of nitrogens with one attached hydrogen (secondary N) is 1. The van der Waals surface area contributed by atoms with Crippen molar-refractivity contribution in [2.75, 3.05) is 6.54 Å². The van der Waals surface area contributed by atoms with Gasteiger partial charge in [-0.15, -0.1) is 0 Å². The first-order valence-electron chi connectivity index (χ1n) is 5.76. The molecule has 1 aliphatic carbocycles. The Morgan fingerprint density at radius 1 is 1.53 bits per heavy atom. The summed E-state index contributed by atoms with van der Waals surface area (Å²) >= 11 is 0. The van der Waals surface area contributed by atoms with Crippen LogP contribution in [0, 0.1) is 5.92 Å². The van der Waals surface area contributed by atoms with Gasteiger partial charge in [-0.1, -0.05) is 0 Å². The molecular formula is C11H20N2O4. The highest BCUT2D eigenvalue weighted by Crippen LogP contribution is 2.32. The van der Waals surface area contributed by atoms with E-state index in [0.717, 1.165) is 12.8 Å². The van der Waals surface area contributed by atoms with Crippen LogP contribution in [0.4, 0.5) is 0 Å². The van der Waals surface area contributed by atoms with Crippen molar-refractivity contribution in [3.8, 4) is 0 Å². The highest BCUT2D eigenvalue weighted by atomic mass is 16.4. The second-order valence-electron chi connectivity index (χ2n) is 5.05. The van der Waals surface area contributed by atoms with Crippen LogP contribution in [0.2, 0.25) is 0 Å². The minimum Gasteiger partial charge on any atom is -0.481 e. The standard InChI is InChI=1S/C11H20N2O4/c1-11(17,5-10(15)16)6-13-9(14)4-8(12)7-2-3-7/h7-8,17H,2-6,12H2,1H3,(H,13,14)(H,15,16). The van der Waals surface area contributed by atoms with Crippen molar-refractivity contribution in [1.29, 1.82) is 0 Å². The van der Waals surface area contributed by atoms with Crippen molar-refractivity contribution >= 4 is 11.9 Å². The predicted octanol–water partition coefficient (Wildman–Crippen LogP) is -0.544. The van der Waals surface area contributed by atoms with Gasteiger partial charge in [0, 0.05) is 19.0 Å². The number of hydrogen-bond donors (Lipinski definition) is 4. The lowest BCUT2D eigenvalue weighted by molar-refractivity contribution is -0.142. The number of amides is 1. The topological polar surface area (TPSA) is 113 Å². The molecule has 1 aliphatic rings. The lowest BCUT2D eigenvalue weighted by Gasteiger charge is -2.22. The van der Waals surface area contributed by atoms with Crippen LogP contribution in [-0.2, 0) is 9.59 Å². The Balaban J connectivity index is 2.24. The van der Waals surface area contributed by atoms with Gasteiger partial charge in [-0.25, -0.2) is 0 Å². The minimum atomic E-state index is -1.43. The zero-order valence-corrected chi connectivity index (χ0v) is 9.98. The van der Waals surface area contributed by atoms with E-state index in [2.05, 4.69) is 5.32 Å². The van der Waals surface area contributed by atoms with Crippen LogP contribution in [0.15, 0.2) is 0 Å². The largest absolute Gasteiger partial charge is 0.481 e. The summed E-state index contributed by atoms with van der Waals surface area (Å²) in [6.45, 7) is 1.30. The maximum Gasteiger partial charge on any atom is 0.306 e. The maximum absolute atomic E-state index is 11.5. The monoisotopic (exact) mass is 244 g/mol. The number of aliphatic carboxylic acids is 1. The molecule has 2 atom stereocenters. The Morgan fingerprint density at radius 3 is 2.59 bits per heavy atom. The van der Waals surface area contributed by atoms with Crippen LogP contribution in [0.25, 0.3) is 0 Å². The first-order valence-corrected chi connectivity index (χ1v) is 5.76. The van der Waals surface area contributed by atoms with E-state index < -0.39 is 18.0 Å². The zero-order valence-electron chi connectivity index (χ0n) is 9.98. The molecule has 1 amide bonds. The molecule has 0 bridgehead atoms. The molecule has 6 nitrogen and oxygen atoms in total. The van der Waals surface area contributed by atoms with E-state index in [1.807, 2.05) is 0 Å². The van der Waals surface area contributed by atoms with Crippen molar-refractivity contribution in [1.82, 2.24) is 5.32 Å². The summed E-state index contributed by atoms with van der Waals surface area (Å²) < 4.78 is 0. The van der Waals surface area contributed by atoms with Crippen molar-refractivity contribution in [2.24, 2.45) is 11.7 Å². The Bertz CT molecular complexity index is 300. The fourth-order valence-corrected chi connectivity index (χ4v) is 1.65. The molecule has 0 aromatic rings. The molecule has 98 valence electrons. The summed E-state index contributed by atoms with van der Waals surface area (Å²) in [6.07, 6.45) is 1.98. The summed E-state index contributed by atoms with van der Waals surface area (Å²) in [6, 6.07) is -0.126. The van der Waals surface area contributed by atoms with E-state index >= 15 is 0 Å². The number of nitrogens with two attached hydrogens (primary N) is 1. The second kappa shape index (κ2) is 5.46. The van der Waals surface area contributed by atoms with E-state index in [0.29, 0.717) is 5.92 Å². The fraction of sp³-hybridized carbons (Fsp3) is 0.818.